The highest BCUT2D eigenvalue weighted by Gasteiger charge is 2.18. The maximum Gasteiger partial charge on any atom is 0.494 e. The molecule has 2 aromatic rings. The molecular weight excluding hydrogens is 223 g/mol. The Labute approximate surface area is 96.9 Å². The number of aryl methyl sites for hydroxylation is 1. The highest BCUT2D eigenvalue weighted by atomic mass is 16.4. The minimum Gasteiger partial charge on any atom is -0.423 e. The predicted molar refractivity (Wildman–Crippen MR) is 64.2 cm³/mol. The summed E-state index contributed by atoms with van der Waals surface area (Å²) in [5.74, 6) is 0.393. The molecule has 0 saturated carbocycles. The first-order valence-electron chi connectivity index (χ1n) is 4.95. The van der Waals surface area contributed by atoms with Crippen LogP contribution < -0.4 is 16.3 Å². The molecule has 2 heterocycles. The van der Waals surface area contributed by atoms with E-state index in [2.05, 4.69) is 15.3 Å². The van der Waals surface area contributed by atoms with Crippen LogP contribution in [-0.4, -0.2) is 38.7 Å². The molecule has 88 valence electrons. The lowest BCUT2D eigenvalue weighted by molar-refractivity contribution is 0.425. The number of fused-ring (bicyclic) bond motifs is 1. The van der Waals surface area contributed by atoms with Crippen molar-refractivity contribution in [3.8, 4) is 0 Å². The van der Waals surface area contributed by atoms with Gasteiger partial charge in [0.2, 0.25) is 5.95 Å². The van der Waals surface area contributed by atoms with Crippen LogP contribution in [0.2, 0.25) is 0 Å². The minimum atomic E-state index is -1.80. The van der Waals surface area contributed by atoms with Gasteiger partial charge in [0.05, 0.1) is 0 Å². The van der Waals surface area contributed by atoms with Crippen molar-refractivity contribution in [3.63, 3.8) is 0 Å². The molecule has 0 spiro atoms. The molecular formula is C9H11BN4O3. The number of hydrogen-bond acceptors (Lipinski definition) is 6. The van der Waals surface area contributed by atoms with Crippen LogP contribution in [0.4, 0.5) is 5.95 Å². The van der Waals surface area contributed by atoms with Gasteiger partial charge in [0.25, 0.3) is 5.56 Å². The van der Waals surface area contributed by atoms with Crippen LogP contribution in [0.5, 0.6) is 0 Å². The Hall–Kier alpha value is -1.93. The summed E-state index contributed by atoms with van der Waals surface area (Å²) in [7, 11) is 1.38. The smallest absolute Gasteiger partial charge is 0.423 e. The first-order chi connectivity index (χ1) is 8.04. The summed E-state index contributed by atoms with van der Waals surface area (Å²) >= 11 is 0. The van der Waals surface area contributed by atoms with Crippen molar-refractivity contribution in [2.45, 2.75) is 0 Å². The maximum absolute atomic E-state index is 11.8. The van der Waals surface area contributed by atoms with E-state index in [9.17, 15) is 4.79 Å². The Morgan fingerprint density at radius 3 is 2.76 bits per heavy atom. The summed E-state index contributed by atoms with van der Waals surface area (Å²) in [4.78, 5) is 19.9. The van der Waals surface area contributed by atoms with Crippen molar-refractivity contribution in [1.82, 2.24) is 14.5 Å². The number of anilines is 1. The molecule has 0 radical (unpaired) electrons. The van der Waals surface area contributed by atoms with Gasteiger partial charge in [-0.15, -0.1) is 0 Å². The summed E-state index contributed by atoms with van der Waals surface area (Å²) < 4.78 is 1.26. The van der Waals surface area contributed by atoms with Crippen molar-refractivity contribution in [2.24, 2.45) is 7.05 Å². The lowest BCUT2D eigenvalue weighted by Gasteiger charge is -2.08. The second-order valence-electron chi connectivity index (χ2n) is 3.56. The molecule has 0 bridgehead atoms. The van der Waals surface area contributed by atoms with Gasteiger partial charge in [-0.2, -0.15) is 4.98 Å². The van der Waals surface area contributed by atoms with Gasteiger partial charge in [0.1, 0.15) is 5.65 Å². The first kappa shape index (κ1) is 11.6. The molecule has 0 amide bonds. The zero-order valence-corrected chi connectivity index (χ0v) is 9.38. The predicted octanol–water partition coefficient (Wildman–Crippen LogP) is -1.95. The third kappa shape index (κ3) is 1.88. The topological polar surface area (TPSA) is 100 Å². The summed E-state index contributed by atoms with van der Waals surface area (Å²) in [5, 5.41) is 21.5. The molecule has 0 aliphatic carbocycles. The summed E-state index contributed by atoms with van der Waals surface area (Å²) in [5.41, 5.74) is -0.159. The second-order valence-corrected chi connectivity index (χ2v) is 3.56. The average Bonchev–Trinajstić information content (AvgIpc) is 2.33. The summed E-state index contributed by atoms with van der Waals surface area (Å²) in [6.07, 6.45) is 1.51. The Balaban J connectivity index is 2.81. The lowest BCUT2D eigenvalue weighted by Crippen LogP contribution is -2.45. The van der Waals surface area contributed by atoms with E-state index < -0.39 is 12.7 Å². The van der Waals surface area contributed by atoms with Crippen LogP contribution in [0.15, 0.2) is 17.1 Å². The molecule has 0 atom stereocenters. The third-order valence-electron chi connectivity index (χ3n) is 2.48. The fourth-order valence-electron chi connectivity index (χ4n) is 1.58. The SMILES string of the molecule is CNc1ncc2cc(B(O)O)c(=O)n(C)c2n1. The van der Waals surface area contributed by atoms with E-state index in [4.69, 9.17) is 10.0 Å². The lowest BCUT2D eigenvalue weighted by atomic mass is 9.81. The minimum absolute atomic E-state index is 0.0965. The molecule has 0 unspecified atom stereocenters. The van der Waals surface area contributed by atoms with Gasteiger partial charge in [-0.1, -0.05) is 0 Å². The van der Waals surface area contributed by atoms with Gasteiger partial charge in [-0.3, -0.25) is 9.36 Å². The van der Waals surface area contributed by atoms with Crippen LogP contribution in [0.1, 0.15) is 0 Å². The number of nitrogens with one attached hydrogen (secondary N) is 1. The van der Waals surface area contributed by atoms with E-state index in [1.165, 1.54) is 23.9 Å². The first-order valence-corrected chi connectivity index (χ1v) is 4.95. The molecule has 2 rings (SSSR count). The third-order valence-corrected chi connectivity index (χ3v) is 2.48. The normalized spacial score (nSPS) is 10.6. The Morgan fingerprint density at radius 1 is 1.47 bits per heavy atom. The van der Waals surface area contributed by atoms with Crippen LogP contribution in [-0.2, 0) is 7.05 Å². The van der Waals surface area contributed by atoms with Gasteiger partial charge in [0.15, 0.2) is 0 Å². The highest BCUT2D eigenvalue weighted by molar-refractivity contribution is 6.58. The number of rotatable bonds is 2. The van der Waals surface area contributed by atoms with Gasteiger partial charge in [-0.25, -0.2) is 4.98 Å². The van der Waals surface area contributed by atoms with Crippen molar-refractivity contribution in [3.05, 3.63) is 22.6 Å². The molecule has 8 heteroatoms. The van der Waals surface area contributed by atoms with E-state index in [1.807, 2.05) is 0 Å². The van der Waals surface area contributed by atoms with E-state index >= 15 is 0 Å². The Bertz CT molecular complexity index is 625. The maximum atomic E-state index is 11.8. The van der Waals surface area contributed by atoms with E-state index in [0.29, 0.717) is 17.0 Å². The van der Waals surface area contributed by atoms with Crippen molar-refractivity contribution in [1.29, 1.82) is 0 Å². The largest absolute Gasteiger partial charge is 0.494 e. The van der Waals surface area contributed by atoms with E-state index in [0.717, 1.165) is 0 Å². The quantitative estimate of drug-likeness (QED) is 0.522. The summed E-state index contributed by atoms with van der Waals surface area (Å²) in [6.45, 7) is 0. The zero-order chi connectivity index (χ0) is 12.6. The Morgan fingerprint density at radius 2 is 2.18 bits per heavy atom. The second kappa shape index (κ2) is 4.15. The number of hydrogen-bond donors (Lipinski definition) is 3. The molecule has 7 nitrogen and oxygen atoms in total. The van der Waals surface area contributed by atoms with Gasteiger partial charge < -0.3 is 15.4 Å². The monoisotopic (exact) mass is 234 g/mol. The van der Waals surface area contributed by atoms with E-state index in [-0.39, 0.29) is 5.46 Å². The number of pyridine rings is 1. The Kier molecular flexibility index (Phi) is 2.82. The van der Waals surface area contributed by atoms with Crippen LogP contribution in [0.3, 0.4) is 0 Å². The standard InChI is InChI=1S/C9H11BN4O3/c1-11-9-12-4-5-3-6(10(16)17)8(15)14(2)7(5)13-9/h3-4,16-17H,1-2H3,(H,11,12,13). The molecule has 17 heavy (non-hydrogen) atoms. The van der Waals surface area contributed by atoms with E-state index in [1.54, 1.807) is 7.05 Å². The van der Waals surface area contributed by atoms with Crippen LogP contribution in [0, 0.1) is 0 Å². The zero-order valence-electron chi connectivity index (χ0n) is 9.38. The van der Waals surface area contributed by atoms with Crippen LogP contribution in [0.25, 0.3) is 11.0 Å². The molecule has 0 fully saturated rings. The van der Waals surface area contributed by atoms with Gasteiger partial charge >= 0.3 is 7.12 Å². The fourth-order valence-corrected chi connectivity index (χ4v) is 1.58. The van der Waals surface area contributed by atoms with Crippen molar-refractivity contribution < 1.29 is 10.0 Å². The molecule has 0 aliphatic rings. The van der Waals surface area contributed by atoms with Gasteiger partial charge in [-0.05, 0) is 6.07 Å². The molecule has 3 N–H and O–H groups in total. The average molecular weight is 234 g/mol. The number of nitrogens with zero attached hydrogens (tertiary/aromatic N) is 3. The molecule has 0 aliphatic heterocycles. The van der Waals surface area contributed by atoms with Crippen LogP contribution >= 0.6 is 0 Å². The molecule has 0 saturated heterocycles. The summed E-state index contributed by atoms with van der Waals surface area (Å²) in [6, 6.07) is 1.38. The fraction of sp³-hybridized carbons (Fsp3) is 0.222. The van der Waals surface area contributed by atoms with Crippen molar-refractivity contribution in [2.75, 3.05) is 12.4 Å². The molecule has 2 aromatic heterocycles. The highest BCUT2D eigenvalue weighted by Crippen LogP contribution is 2.08. The van der Waals surface area contributed by atoms with Gasteiger partial charge in [0, 0.05) is 31.1 Å². The van der Waals surface area contributed by atoms with Crippen molar-refractivity contribution >= 4 is 29.6 Å². The molecule has 0 aromatic carbocycles. The number of aromatic nitrogens is 3.